The zero-order valence-corrected chi connectivity index (χ0v) is 12.8. The largest absolute Gasteiger partial charge is 0.390 e. The Morgan fingerprint density at radius 1 is 1.42 bits per heavy atom. The molecule has 1 aromatic rings. The third-order valence-corrected chi connectivity index (χ3v) is 3.29. The number of rotatable bonds is 6. The van der Waals surface area contributed by atoms with Crippen LogP contribution in [0.25, 0.3) is 0 Å². The van der Waals surface area contributed by atoms with Gasteiger partial charge in [-0.25, -0.2) is 0 Å². The minimum Gasteiger partial charge on any atom is -0.308 e. The molecule has 0 aromatic carbocycles. The fourth-order valence-corrected chi connectivity index (χ4v) is 2.45. The molecule has 0 bridgehead atoms. The molecule has 1 atom stereocenters. The van der Waals surface area contributed by atoms with Gasteiger partial charge >= 0.3 is 6.18 Å². The second kappa shape index (κ2) is 6.74. The van der Waals surface area contributed by atoms with Gasteiger partial charge in [-0.1, -0.05) is 6.92 Å². The Labute approximate surface area is 119 Å². The highest BCUT2D eigenvalue weighted by atomic mass is 79.9. The van der Waals surface area contributed by atoms with Gasteiger partial charge in [0.1, 0.15) is 0 Å². The van der Waals surface area contributed by atoms with E-state index in [0.29, 0.717) is 16.7 Å². The molecule has 0 aliphatic heterocycles. The van der Waals surface area contributed by atoms with Crippen LogP contribution in [-0.4, -0.2) is 22.5 Å². The maximum atomic E-state index is 12.7. The lowest BCUT2D eigenvalue weighted by atomic mass is 10.1. The average molecular weight is 342 g/mol. The molecule has 0 saturated carbocycles. The van der Waals surface area contributed by atoms with Gasteiger partial charge in [0.05, 0.1) is 28.8 Å². The van der Waals surface area contributed by atoms with E-state index in [1.807, 2.05) is 20.8 Å². The first-order valence-electron chi connectivity index (χ1n) is 6.29. The van der Waals surface area contributed by atoms with E-state index in [4.69, 9.17) is 0 Å². The van der Waals surface area contributed by atoms with E-state index in [1.54, 1.807) is 10.9 Å². The summed E-state index contributed by atoms with van der Waals surface area (Å²) in [6, 6.07) is -0.764. The molecule has 3 nitrogen and oxygen atoms in total. The Bertz CT molecular complexity index is 401. The fraction of sp³-hybridized carbons (Fsp3) is 0.750. The van der Waals surface area contributed by atoms with Crippen LogP contribution in [0.1, 0.15) is 51.4 Å². The van der Waals surface area contributed by atoms with E-state index < -0.39 is 18.6 Å². The Hall–Kier alpha value is -0.560. The molecule has 0 radical (unpaired) electrons. The van der Waals surface area contributed by atoms with Crippen molar-refractivity contribution in [3.8, 4) is 0 Å². The van der Waals surface area contributed by atoms with Crippen LogP contribution >= 0.6 is 15.9 Å². The second-order valence-corrected chi connectivity index (χ2v) is 5.60. The molecule has 0 aliphatic carbocycles. The van der Waals surface area contributed by atoms with Gasteiger partial charge in [0.15, 0.2) is 0 Å². The molecule has 1 rings (SSSR count). The number of alkyl halides is 3. The minimum absolute atomic E-state index is 0.0143. The maximum Gasteiger partial charge on any atom is 0.390 e. The van der Waals surface area contributed by atoms with Crippen LogP contribution in [0.5, 0.6) is 0 Å². The molecule has 1 N–H and O–H groups in total. The zero-order valence-electron chi connectivity index (χ0n) is 11.3. The summed E-state index contributed by atoms with van der Waals surface area (Å²) in [5, 5.41) is 7.09. The van der Waals surface area contributed by atoms with Gasteiger partial charge in [0.25, 0.3) is 0 Å². The lowest BCUT2D eigenvalue weighted by Crippen LogP contribution is -2.30. The van der Waals surface area contributed by atoms with Crippen LogP contribution in [0.3, 0.4) is 0 Å². The van der Waals surface area contributed by atoms with E-state index in [-0.39, 0.29) is 6.04 Å². The van der Waals surface area contributed by atoms with Crippen molar-refractivity contribution >= 4 is 15.9 Å². The quantitative estimate of drug-likeness (QED) is 0.839. The Morgan fingerprint density at radius 3 is 2.53 bits per heavy atom. The van der Waals surface area contributed by atoms with Gasteiger partial charge in [-0.15, -0.1) is 0 Å². The molecule has 0 spiro atoms. The van der Waals surface area contributed by atoms with Gasteiger partial charge in [0, 0.05) is 6.04 Å². The molecule has 0 fully saturated rings. The van der Waals surface area contributed by atoms with Crippen molar-refractivity contribution in [1.29, 1.82) is 0 Å². The first kappa shape index (κ1) is 16.5. The molecule has 1 heterocycles. The second-order valence-electron chi connectivity index (χ2n) is 4.74. The number of aromatic nitrogens is 2. The van der Waals surface area contributed by atoms with Crippen LogP contribution in [0, 0.1) is 0 Å². The van der Waals surface area contributed by atoms with Gasteiger partial charge in [-0.2, -0.15) is 18.3 Å². The van der Waals surface area contributed by atoms with Crippen LogP contribution in [0.2, 0.25) is 0 Å². The summed E-state index contributed by atoms with van der Waals surface area (Å²) in [4.78, 5) is 0. The van der Waals surface area contributed by atoms with E-state index in [9.17, 15) is 13.2 Å². The van der Waals surface area contributed by atoms with Crippen molar-refractivity contribution in [2.24, 2.45) is 0 Å². The van der Waals surface area contributed by atoms with Crippen LogP contribution in [0.4, 0.5) is 13.2 Å². The van der Waals surface area contributed by atoms with E-state index >= 15 is 0 Å². The van der Waals surface area contributed by atoms with Crippen molar-refractivity contribution in [1.82, 2.24) is 15.1 Å². The molecule has 0 aliphatic rings. The molecule has 110 valence electrons. The number of nitrogens with one attached hydrogen (secondary N) is 1. The lowest BCUT2D eigenvalue weighted by Gasteiger charge is -2.23. The molecule has 1 unspecified atom stereocenters. The van der Waals surface area contributed by atoms with E-state index in [1.165, 1.54) is 0 Å². The van der Waals surface area contributed by atoms with Crippen molar-refractivity contribution in [2.45, 2.75) is 51.9 Å². The van der Waals surface area contributed by atoms with E-state index in [0.717, 1.165) is 6.42 Å². The van der Waals surface area contributed by atoms with Gasteiger partial charge in [-0.05, 0) is 42.7 Å². The number of halogens is 4. The van der Waals surface area contributed by atoms with E-state index in [2.05, 4.69) is 26.3 Å². The fourth-order valence-electron chi connectivity index (χ4n) is 1.90. The van der Waals surface area contributed by atoms with Crippen LogP contribution < -0.4 is 5.32 Å². The maximum absolute atomic E-state index is 12.7. The summed E-state index contributed by atoms with van der Waals surface area (Å²) in [5.41, 5.74) is 0.556. The minimum atomic E-state index is -4.21. The molecular formula is C12H19BrF3N3. The summed E-state index contributed by atoms with van der Waals surface area (Å²) >= 11 is 3.29. The smallest absolute Gasteiger partial charge is 0.308 e. The third-order valence-electron chi connectivity index (χ3n) is 2.68. The van der Waals surface area contributed by atoms with Crippen molar-refractivity contribution in [3.63, 3.8) is 0 Å². The van der Waals surface area contributed by atoms with Gasteiger partial charge in [0.2, 0.25) is 0 Å². The lowest BCUT2D eigenvalue weighted by molar-refractivity contribution is -0.140. The summed E-state index contributed by atoms with van der Waals surface area (Å²) in [6.07, 6.45) is -2.78. The van der Waals surface area contributed by atoms with Crippen molar-refractivity contribution in [2.75, 3.05) is 6.54 Å². The van der Waals surface area contributed by atoms with Gasteiger partial charge in [-0.3, -0.25) is 4.68 Å². The summed E-state index contributed by atoms with van der Waals surface area (Å²) < 4.78 is 40.4. The number of hydrogen-bond acceptors (Lipinski definition) is 2. The summed E-state index contributed by atoms with van der Waals surface area (Å²) in [6.45, 7) is 6.25. The predicted octanol–water partition coefficient (Wildman–Crippen LogP) is 4.22. The molecule has 7 heteroatoms. The normalized spacial score (nSPS) is 14.1. The molecule has 0 saturated heterocycles. The standard InChI is InChI=1S/C12H19BrF3N3/c1-4-5-17-10(6-12(14,15)16)11-9(13)7-18-19(11)8(2)3/h7-8,10,17H,4-6H2,1-3H3. The van der Waals surface area contributed by atoms with Crippen LogP contribution in [-0.2, 0) is 0 Å². The highest BCUT2D eigenvalue weighted by Crippen LogP contribution is 2.34. The monoisotopic (exact) mass is 341 g/mol. The topological polar surface area (TPSA) is 29.9 Å². The average Bonchev–Trinajstić information content (AvgIpc) is 2.65. The van der Waals surface area contributed by atoms with Crippen molar-refractivity contribution in [3.05, 3.63) is 16.4 Å². The summed E-state index contributed by atoms with van der Waals surface area (Å²) in [5.74, 6) is 0. The van der Waals surface area contributed by atoms with Gasteiger partial charge < -0.3 is 5.32 Å². The zero-order chi connectivity index (χ0) is 14.6. The first-order chi connectivity index (χ1) is 8.76. The summed E-state index contributed by atoms with van der Waals surface area (Å²) in [7, 11) is 0. The SMILES string of the molecule is CCCNC(CC(F)(F)F)c1c(Br)cnn1C(C)C. The molecule has 1 aromatic heterocycles. The Balaban J connectivity index is 3.05. The number of nitrogens with zero attached hydrogens (tertiary/aromatic N) is 2. The molecule has 0 amide bonds. The molecular weight excluding hydrogens is 323 g/mol. The Morgan fingerprint density at radius 2 is 2.05 bits per heavy atom. The van der Waals surface area contributed by atoms with Crippen molar-refractivity contribution < 1.29 is 13.2 Å². The first-order valence-corrected chi connectivity index (χ1v) is 7.08. The predicted molar refractivity (Wildman–Crippen MR) is 72.0 cm³/mol. The number of hydrogen-bond donors (Lipinski definition) is 1. The highest BCUT2D eigenvalue weighted by molar-refractivity contribution is 9.10. The third kappa shape index (κ3) is 4.80. The van der Waals surface area contributed by atoms with Crippen LogP contribution in [0.15, 0.2) is 10.7 Å². The highest BCUT2D eigenvalue weighted by Gasteiger charge is 2.35. The molecule has 19 heavy (non-hydrogen) atoms. The Kier molecular flexibility index (Phi) is 5.85.